The maximum Gasteiger partial charge on any atom is 0.387 e. The zero-order valence-corrected chi connectivity index (χ0v) is 17.0. The van der Waals surface area contributed by atoms with Crippen molar-refractivity contribution in [1.82, 2.24) is 4.57 Å². The van der Waals surface area contributed by atoms with Gasteiger partial charge in [0.2, 0.25) is 5.78 Å². The number of carbonyl (C=O) groups excluding carboxylic acids is 2. The Balaban J connectivity index is 1.58. The van der Waals surface area contributed by atoms with Gasteiger partial charge in [0.25, 0.3) is 0 Å². The molecular formula is C22H23F2NO5. The van der Waals surface area contributed by atoms with Crippen molar-refractivity contribution < 1.29 is 32.6 Å². The molecule has 0 N–H and O–H groups in total. The fourth-order valence-electron chi connectivity index (χ4n) is 3.36. The van der Waals surface area contributed by atoms with Crippen molar-refractivity contribution in [3.8, 4) is 11.5 Å². The maximum atomic E-state index is 12.5. The van der Waals surface area contributed by atoms with E-state index in [9.17, 15) is 18.4 Å². The zero-order chi connectivity index (χ0) is 21.8. The molecule has 1 aromatic carbocycles. The SMILES string of the molecule is COc1cc(C=CC(=O)OCC(=O)c2cc(C)n(C3CC3)c2C)ccc1OC(F)F. The second-order valence-electron chi connectivity index (χ2n) is 7.04. The molecule has 1 aromatic heterocycles. The number of aromatic nitrogens is 1. The Morgan fingerprint density at radius 1 is 1.20 bits per heavy atom. The maximum absolute atomic E-state index is 12.5. The van der Waals surface area contributed by atoms with Gasteiger partial charge in [0.05, 0.1) is 7.11 Å². The molecule has 30 heavy (non-hydrogen) atoms. The largest absolute Gasteiger partial charge is 0.493 e. The van der Waals surface area contributed by atoms with Gasteiger partial charge in [-0.25, -0.2) is 4.79 Å². The molecule has 1 aliphatic carbocycles. The van der Waals surface area contributed by atoms with Crippen molar-refractivity contribution in [1.29, 1.82) is 0 Å². The molecule has 1 heterocycles. The number of nitrogens with zero attached hydrogens (tertiary/aromatic N) is 1. The molecule has 6 nitrogen and oxygen atoms in total. The van der Waals surface area contributed by atoms with E-state index in [4.69, 9.17) is 9.47 Å². The number of hydrogen-bond acceptors (Lipinski definition) is 5. The van der Waals surface area contributed by atoms with Gasteiger partial charge in [-0.3, -0.25) is 4.79 Å². The van der Waals surface area contributed by atoms with Gasteiger partial charge in [-0.15, -0.1) is 0 Å². The predicted octanol–water partition coefficient (Wildman–Crippen LogP) is 4.49. The molecule has 0 saturated heterocycles. The van der Waals surface area contributed by atoms with E-state index in [-0.39, 0.29) is 23.9 Å². The molecule has 0 spiro atoms. The lowest BCUT2D eigenvalue weighted by molar-refractivity contribution is -0.136. The van der Waals surface area contributed by atoms with Gasteiger partial charge in [0.15, 0.2) is 18.1 Å². The first-order chi connectivity index (χ1) is 14.3. The fourth-order valence-corrected chi connectivity index (χ4v) is 3.36. The zero-order valence-electron chi connectivity index (χ0n) is 17.0. The van der Waals surface area contributed by atoms with E-state index in [0.29, 0.717) is 17.2 Å². The summed E-state index contributed by atoms with van der Waals surface area (Å²) in [5.74, 6) is -0.952. The third-order valence-corrected chi connectivity index (χ3v) is 4.86. The number of benzene rings is 1. The van der Waals surface area contributed by atoms with Crippen LogP contribution in [0.15, 0.2) is 30.3 Å². The van der Waals surface area contributed by atoms with Gasteiger partial charge in [-0.05, 0) is 56.5 Å². The molecule has 0 radical (unpaired) electrons. The fraction of sp³-hybridized carbons (Fsp3) is 0.364. The summed E-state index contributed by atoms with van der Waals surface area (Å²) in [6, 6.07) is 6.54. The third-order valence-electron chi connectivity index (χ3n) is 4.86. The Morgan fingerprint density at radius 3 is 2.57 bits per heavy atom. The lowest BCUT2D eigenvalue weighted by atomic mass is 10.1. The van der Waals surface area contributed by atoms with E-state index in [0.717, 1.165) is 30.3 Å². The van der Waals surface area contributed by atoms with Crippen LogP contribution in [0.3, 0.4) is 0 Å². The molecule has 1 fully saturated rings. The van der Waals surface area contributed by atoms with Gasteiger partial charge in [0, 0.05) is 29.1 Å². The second-order valence-corrected chi connectivity index (χ2v) is 7.04. The Morgan fingerprint density at radius 2 is 1.93 bits per heavy atom. The number of esters is 1. The van der Waals surface area contributed by atoms with Crippen LogP contribution in [-0.4, -0.2) is 36.6 Å². The Labute approximate surface area is 173 Å². The van der Waals surface area contributed by atoms with Crippen LogP contribution in [0.5, 0.6) is 11.5 Å². The minimum absolute atomic E-state index is 0.104. The second kappa shape index (κ2) is 9.11. The number of ketones is 1. The molecule has 0 atom stereocenters. The van der Waals surface area contributed by atoms with Gasteiger partial charge < -0.3 is 18.8 Å². The molecule has 2 aromatic rings. The molecule has 0 bridgehead atoms. The molecule has 0 amide bonds. The van der Waals surface area contributed by atoms with Crippen molar-refractivity contribution in [3.05, 3.63) is 52.9 Å². The molecule has 160 valence electrons. The summed E-state index contributed by atoms with van der Waals surface area (Å²) in [4.78, 5) is 24.4. The number of carbonyl (C=O) groups is 2. The van der Waals surface area contributed by atoms with Gasteiger partial charge in [-0.1, -0.05) is 6.07 Å². The van der Waals surface area contributed by atoms with Crippen molar-refractivity contribution in [2.75, 3.05) is 13.7 Å². The predicted molar refractivity (Wildman–Crippen MR) is 106 cm³/mol. The highest BCUT2D eigenvalue weighted by Gasteiger charge is 2.28. The van der Waals surface area contributed by atoms with E-state index in [2.05, 4.69) is 9.30 Å². The number of rotatable bonds is 9. The number of hydrogen-bond donors (Lipinski definition) is 0. The number of Topliss-reactive ketones (excluding diaryl/α,β-unsaturated/α-hetero) is 1. The number of aryl methyl sites for hydroxylation is 1. The monoisotopic (exact) mass is 419 g/mol. The van der Waals surface area contributed by atoms with Crippen LogP contribution in [0.2, 0.25) is 0 Å². The third kappa shape index (κ3) is 5.06. The summed E-state index contributed by atoms with van der Waals surface area (Å²) in [5.41, 5.74) is 3.00. The van der Waals surface area contributed by atoms with Gasteiger partial charge >= 0.3 is 12.6 Å². The Kier molecular flexibility index (Phi) is 6.54. The quantitative estimate of drug-likeness (QED) is 0.340. The number of halogens is 2. The molecule has 8 heteroatoms. The molecule has 0 aliphatic heterocycles. The highest BCUT2D eigenvalue weighted by molar-refractivity contribution is 6.00. The van der Waals surface area contributed by atoms with Crippen molar-refractivity contribution in [2.24, 2.45) is 0 Å². The van der Waals surface area contributed by atoms with Gasteiger partial charge in [0.1, 0.15) is 0 Å². The summed E-state index contributed by atoms with van der Waals surface area (Å²) >= 11 is 0. The molecule has 3 rings (SSSR count). The molecule has 1 saturated carbocycles. The standard InChI is InChI=1S/C22H23F2NO5/c1-13-10-17(14(2)25(13)16-6-7-16)18(26)12-29-21(27)9-5-15-4-8-19(30-22(23)24)20(11-15)28-3/h4-5,8-11,16,22H,6-7,12H2,1-3H3. The van der Waals surface area contributed by atoms with Crippen LogP contribution < -0.4 is 9.47 Å². The van der Waals surface area contributed by atoms with Crippen LogP contribution in [0, 0.1) is 13.8 Å². The normalized spacial score (nSPS) is 13.7. The summed E-state index contributed by atoms with van der Waals surface area (Å²) in [6.07, 6.45) is 4.82. The van der Waals surface area contributed by atoms with Crippen molar-refractivity contribution >= 4 is 17.8 Å². The molecule has 1 aliphatic rings. The van der Waals surface area contributed by atoms with Crippen LogP contribution in [-0.2, 0) is 9.53 Å². The lowest BCUT2D eigenvalue weighted by Gasteiger charge is -2.10. The Bertz CT molecular complexity index is 976. The molecule has 0 unspecified atom stereocenters. The topological polar surface area (TPSA) is 66.8 Å². The Hall–Kier alpha value is -3.16. The summed E-state index contributed by atoms with van der Waals surface area (Å²) in [6.45, 7) is 0.530. The number of ether oxygens (including phenoxy) is 3. The minimum Gasteiger partial charge on any atom is -0.493 e. The molecular weight excluding hydrogens is 396 g/mol. The first kappa shape index (κ1) is 21.5. The highest BCUT2D eigenvalue weighted by atomic mass is 19.3. The van der Waals surface area contributed by atoms with Crippen LogP contribution in [0.4, 0.5) is 8.78 Å². The van der Waals surface area contributed by atoms with Crippen LogP contribution >= 0.6 is 0 Å². The van der Waals surface area contributed by atoms with E-state index in [1.807, 2.05) is 19.9 Å². The summed E-state index contributed by atoms with van der Waals surface area (Å²) < 4.78 is 41.3. The van der Waals surface area contributed by atoms with Crippen molar-refractivity contribution in [2.45, 2.75) is 39.3 Å². The number of methoxy groups -OCH3 is 1. The van der Waals surface area contributed by atoms with E-state index < -0.39 is 12.6 Å². The summed E-state index contributed by atoms with van der Waals surface area (Å²) in [7, 11) is 1.32. The average molecular weight is 419 g/mol. The first-order valence-electron chi connectivity index (χ1n) is 9.49. The van der Waals surface area contributed by atoms with E-state index >= 15 is 0 Å². The average Bonchev–Trinajstić information content (AvgIpc) is 3.49. The lowest BCUT2D eigenvalue weighted by Crippen LogP contribution is -2.13. The van der Waals surface area contributed by atoms with Crippen LogP contribution in [0.1, 0.15) is 46.2 Å². The van der Waals surface area contributed by atoms with Gasteiger partial charge in [-0.2, -0.15) is 8.78 Å². The van der Waals surface area contributed by atoms with Crippen molar-refractivity contribution in [3.63, 3.8) is 0 Å². The summed E-state index contributed by atoms with van der Waals surface area (Å²) in [5, 5.41) is 0. The minimum atomic E-state index is -2.97. The smallest absolute Gasteiger partial charge is 0.387 e. The van der Waals surface area contributed by atoms with E-state index in [1.54, 1.807) is 0 Å². The van der Waals surface area contributed by atoms with E-state index in [1.165, 1.54) is 31.4 Å². The highest BCUT2D eigenvalue weighted by Crippen LogP contribution is 2.38. The first-order valence-corrected chi connectivity index (χ1v) is 9.49. The number of alkyl halides is 2. The van der Waals surface area contributed by atoms with Crippen LogP contribution in [0.25, 0.3) is 6.08 Å².